The topological polar surface area (TPSA) is 59.6 Å². The summed E-state index contributed by atoms with van der Waals surface area (Å²) < 4.78 is 10.5. The first-order valence-corrected chi connectivity index (χ1v) is 9.59. The maximum atomic E-state index is 12.2. The molecule has 0 spiro atoms. The Morgan fingerprint density at radius 2 is 2.08 bits per heavy atom. The van der Waals surface area contributed by atoms with Gasteiger partial charge in [-0.15, -0.1) is 0 Å². The van der Waals surface area contributed by atoms with Gasteiger partial charge in [-0.3, -0.25) is 0 Å². The number of nitrogens with one attached hydrogen (secondary N) is 2. The lowest BCUT2D eigenvalue weighted by atomic mass is 10.2. The van der Waals surface area contributed by atoms with Crippen LogP contribution in [0, 0.1) is 6.92 Å². The van der Waals surface area contributed by atoms with Crippen LogP contribution in [0.15, 0.2) is 18.2 Å². The maximum Gasteiger partial charge on any atom is 0.328 e. The van der Waals surface area contributed by atoms with E-state index in [4.69, 9.17) is 21.7 Å². The van der Waals surface area contributed by atoms with Gasteiger partial charge < -0.3 is 20.1 Å². The Morgan fingerprint density at radius 3 is 2.62 bits per heavy atom. The normalized spacial score (nSPS) is 11.8. The fourth-order valence-corrected chi connectivity index (χ4v) is 2.74. The third-order valence-corrected chi connectivity index (χ3v) is 4.10. The van der Waals surface area contributed by atoms with E-state index in [1.807, 2.05) is 45.2 Å². The number of hydrogen-bond donors (Lipinski definition) is 2. The van der Waals surface area contributed by atoms with Crippen LogP contribution in [0.3, 0.4) is 0 Å². The van der Waals surface area contributed by atoms with Crippen LogP contribution in [0.1, 0.15) is 25.8 Å². The van der Waals surface area contributed by atoms with Crippen LogP contribution < -0.4 is 15.4 Å². The van der Waals surface area contributed by atoms with Gasteiger partial charge in [0.15, 0.2) is 5.11 Å². The minimum absolute atomic E-state index is 0.151. The summed E-state index contributed by atoms with van der Waals surface area (Å²) in [6.07, 6.45) is 2.50. The number of carbonyl (C=O) groups is 1. The second-order valence-electron chi connectivity index (χ2n) is 5.60. The summed E-state index contributed by atoms with van der Waals surface area (Å²) in [7, 11) is 1.63. The molecule has 2 N–H and O–H groups in total. The number of aryl methyl sites for hydroxylation is 1. The summed E-state index contributed by atoms with van der Waals surface area (Å²) in [5.74, 6) is 1.35. The van der Waals surface area contributed by atoms with Gasteiger partial charge in [0.25, 0.3) is 0 Å². The second kappa shape index (κ2) is 10.4. The average Bonchev–Trinajstić information content (AvgIpc) is 2.52. The Kier molecular flexibility index (Phi) is 8.92. The molecule has 1 aromatic rings. The zero-order valence-corrected chi connectivity index (χ0v) is 16.5. The molecule has 7 heteroatoms. The average molecular weight is 371 g/mol. The molecule has 1 rings (SSSR count). The fourth-order valence-electron chi connectivity index (χ4n) is 2.02. The minimum atomic E-state index is -0.460. The van der Waals surface area contributed by atoms with Crippen LogP contribution >= 0.6 is 24.0 Å². The van der Waals surface area contributed by atoms with Crippen LogP contribution in [0.2, 0.25) is 0 Å². The van der Waals surface area contributed by atoms with Crippen molar-refractivity contribution in [3.8, 4) is 5.75 Å². The molecule has 24 heavy (non-hydrogen) atoms. The quantitative estimate of drug-likeness (QED) is 0.537. The molecule has 0 aliphatic carbocycles. The molecule has 1 aromatic carbocycles. The van der Waals surface area contributed by atoms with Crippen molar-refractivity contribution in [2.24, 2.45) is 0 Å². The van der Waals surface area contributed by atoms with Crippen molar-refractivity contribution in [1.82, 2.24) is 5.32 Å². The molecule has 1 atom stereocenters. The third kappa shape index (κ3) is 6.97. The summed E-state index contributed by atoms with van der Waals surface area (Å²) in [5.41, 5.74) is 1.87. The van der Waals surface area contributed by atoms with Crippen molar-refractivity contribution in [2.45, 2.75) is 39.3 Å². The van der Waals surface area contributed by atoms with E-state index in [0.717, 1.165) is 22.8 Å². The highest BCUT2D eigenvalue weighted by molar-refractivity contribution is 7.98. The largest absolute Gasteiger partial charge is 0.497 e. The number of ether oxygens (including phenoxy) is 2. The van der Waals surface area contributed by atoms with E-state index >= 15 is 0 Å². The molecular weight excluding hydrogens is 344 g/mol. The van der Waals surface area contributed by atoms with Gasteiger partial charge in [-0.1, -0.05) is 0 Å². The standard InChI is InChI=1S/C17H26N2O3S2/c1-11(2)22-16(20)15(8-9-24-5)19-17(23)18-14-7-6-13(21-4)10-12(14)3/h6-7,10-11,15H,8-9H2,1-5H3,(H2,18,19,23). The fraction of sp³-hybridized carbons (Fsp3) is 0.529. The molecule has 0 saturated heterocycles. The maximum absolute atomic E-state index is 12.2. The van der Waals surface area contributed by atoms with E-state index in [2.05, 4.69) is 10.6 Å². The van der Waals surface area contributed by atoms with Crippen molar-refractivity contribution in [1.29, 1.82) is 0 Å². The molecule has 0 bridgehead atoms. The van der Waals surface area contributed by atoms with E-state index in [9.17, 15) is 4.79 Å². The van der Waals surface area contributed by atoms with Crippen LogP contribution in [-0.2, 0) is 9.53 Å². The molecule has 0 aliphatic heterocycles. The van der Waals surface area contributed by atoms with E-state index in [0.29, 0.717) is 11.5 Å². The number of methoxy groups -OCH3 is 1. The van der Waals surface area contributed by atoms with Crippen molar-refractivity contribution in [2.75, 3.05) is 24.4 Å². The second-order valence-corrected chi connectivity index (χ2v) is 6.99. The van der Waals surface area contributed by atoms with E-state index in [1.54, 1.807) is 18.9 Å². The summed E-state index contributed by atoms with van der Waals surface area (Å²) in [6, 6.07) is 5.21. The van der Waals surface area contributed by atoms with Gasteiger partial charge in [0.1, 0.15) is 11.8 Å². The zero-order chi connectivity index (χ0) is 18.1. The number of anilines is 1. The lowest BCUT2D eigenvalue weighted by Crippen LogP contribution is -2.44. The van der Waals surface area contributed by atoms with Gasteiger partial charge in [-0.2, -0.15) is 11.8 Å². The molecule has 0 aliphatic rings. The van der Waals surface area contributed by atoms with Crippen molar-refractivity contribution < 1.29 is 14.3 Å². The monoisotopic (exact) mass is 370 g/mol. The highest BCUT2D eigenvalue weighted by atomic mass is 32.2. The number of hydrogen-bond acceptors (Lipinski definition) is 5. The van der Waals surface area contributed by atoms with E-state index in [1.165, 1.54) is 0 Å². The van der Waals surface area contributed by atoms with Gasteiger partial charge in [-0.05, 0) is 75.2 Å². The molecule has 0 fully saturated rings. The van der Waals surface area contributed by atoms with Crippen molar-refractivity contribution >= 4 is 40.7 Å². The number of rotatable bonds is 8. The predicted octanol–water partition coefficient (Wildman–Crippen LogP) is 3.36. The SMILES string of the molecule is COc1ccc(NC(=S)NC(CCSC)C(=O)OC(C)C)c(C)c1. The van der Waals surface area contributed by atoms with E-state index in [-0.39, 0.29) is 12.1 Å². The van der Waals surface area contributed by atoms with Gasteiger partial charge in [0, 0.05) is 5.69 Å². The first-order valence-electron chi connectivity index (χ1n) is 7.79. The number of carbonyl (C=O) groups excluding carboxylic acids is 1. The third-order valence-electron chi connectivity index (χ3n) is 3.23. The van der Waals surface area contributed by atoms with Crippen molar-refractivity contribution in [3.05, 3.63) is 23.8 Å². The molecule has 0 heterocycles. The first-order chi connectivity index (χ1) is 11.4. The summed E-state index contributed by atoms with van der Waals surface area (Å²) in [5, 5.41) is 6.59. The van der Waals surface area contributed by atoms with Crippen LogP contribution in [0.25, 0.3) is 0 Å². The summed E-state index contributed by atoms with van der Waals surface area (Å²) in [6.45, 7) is 5.63. The molecular formula is C17H26N2O3S2. The van der Waals surface area contributed by atoms with E-state index < -0.39 is 6.04 Å². The summed E-state index contributed by atoms with van der Waals surface area (Å²) >= 11 is 7.03. The summed E-state index contributed by atoms with van der Waals surface area (Å²) in [4.78, 5) is 12.2. The Hall–Kier alpha value is -1.47. The molecule has 0 radical (unpaired) electrons. The first kappa shape index (κ1) is 20.6. The Bertz CT molecular complexity index is 565. The Morgan fingerprint density at radius 1 is 1.38 bits per heavy atom. The highest BCUT2D eigenvalue weighted by Gasteiger charge is 2.21. The van der Waals surface area contributed by atoms with Crippen LogP contribution in [0.4, 0.5) is 5.69 Å². The minimum Gasteiger partial charge on any atom is -0.497 e. The van der Waals surface area contributed by atoms with Gasteiger partial charge in [-0.25, -0.2) is 4.79 Å². The number of thioether (sulfide) groups is 1. The van der Waals surface area contributed by atoms with Crippen molar-refractivity contribution in [3.63, 3.8) is 0 Å². The molecule has 0 saturated carbocycles. The zero-order valence-electron chi connectivity index (χ0n) is 14.8. The molecule has 0 aromatic heterocycles. The van der Waals surface area contributed by atoms with Crippen LogP contribution in [-0.4, -0.2) is 42.3 Å². The van der Waals surface area contributed by atoms with Gasteiger partial charge >= 0.3 is 5.97 Å². The predicted molar refractivity (Wildman–Crippen MR) is 105 cm³/mol. The molecule has 1 unspecified atom stereocenters. The molecule has 5 nitrogen and oxygen atoms in total. The smallest absolute Gasteiger partial charge is 0.328 e. The lowest BCUT2D eigenvalue weighted by molar-refractivity contribution is -0.149. The molecule has 134 valence electrons. The van der Waals surface area contributed by atoms with Crippen LogP contribution in [0.5, 0.6) is 5.75 Å². The number of thiocarbonyl (C=S) groups is 1. The molecule has 0 amide bonds. The lowest BCUT2D eigenvalue weighted by Gasteiger charge is -2.21. The highest BCUT2D eigenvalue weighted by Crippen LogP contribution is 2.21. The van der Waals surface area contributed by atoms with Gasteiger partial charge in [0.05, 0.1) is 13.2 Å². The Labute approximate surface area is 153 Å². The Balaban J connectivity index is 2.71. The number of esters is 1. The van der Waals surface area contributed by atoms with Gasteiger partial charge in [0.2, 0.25) is 0 Å². The number of benzene rings is 1.